The Kier molecular flexibility index (Phi) is 3.66. The highest BCUT2D eigenvalue weighted by Crippen LogP contribution is 2.16. The highest BCUT2D eigenvalue weighted by molar-refractivity contribution is 5.78. The number of pyridine rings is 1. The lowest BCUT2D eigenvalue weighted by Crippen LogP contribution is -2.17. The Labute approximate surface area is 122 Å². The summed E-state index contributed by atoms with van der Waals surface area (Å²) in [4.78, 5) is 8.63. The molecule has 1 N–H and O–H groups in total. The molecule has 3 aromatic heterocycles. The topological polar surface area (TPSA) is 81.7 Å². The molecule has 0 aliphatic heterocycles. The van der Waals surface area contributed by atoms with Gasteiger partial charge in [-0.1, -0.05) is 5.16 Å². The maximum absolute atomic E-state index is 5.07. The van der Waals surface area contributed by atoms with E-state index in [-0.39, 0.29) is 0 Å². The smallest absolute Gasteiger partial charge is 0.227 e. The molecule has 3 aromatic rings. The average Bonchev–Trinajstić information content (AvgIpc) is 3.00. The minimum absolute atomic E-state index is 0.664. The first-order chi connectivity index (χ1) is 10.1. The third-order valence-electron chi connectivity index (χ3n) is 3.33. The molecule has 0 aromatic carbocycles. The van der Waals surface area contributed by atoms with Crippen molar-refractivity contribution >= 4 is 11.0 Å². The molecule has 3 rings (SSSR count). The lowest BCUT2D eigenvalue weighted by atomic mass is 10.2. The van der Waals surface area contributed by atoms with Crippen LogP contribution in [0.4, 0.5) is 0 Å². The van der Waals surface area contributed by atoms with Crippen LogP contribution in [-0.4, -0.2) is 31.4 Å². The summed E-state index contributed by atoms with van der Waals surface area (Å²) in [5, 5.41) is 12.6. The third kappa shape index (κ3) is 2.92. The van der Waals surface area contributed by atoms with Gasteiger partial charge in [0.15, 0.2) is 11.5 Å². The number of hydrogen-bond acceptors (Lipinski definition) is 6. The summed E-state index contributed by atoms with van der Waals surface area (Å²) < 4.78 is 6.87. The molecule has 0 fully saturated rings. The summed E-state index contributed by atoms with van der Waals surface area (Å²) in [6.07, 6.45) is 2.61. The molecule has 110 valence electrons. The largest absolute Gasteiger partial charge is 0.339 e. The SMILES string of the molecule is Cc1noc(CCNCc2cnc3c(c2)c(C)nn3C)n1. The van der Waals surface area contributed by atoms with Crippen molar-refractivity contribution in [1.82, 2.24) is 30.2 Å². The van der Waals surface area contributed by atoms with Crippen molar-refractivity contribution in [2.24, 2.45) is 7.05 Å². The van der Waals surface area contributed by atoms with E-state index in [1.807, 2.05) is 27.1 Å². The molecule has 7 nitrogen and oxygen atoms in total. The van der Waals surface area contributed by atoms with Crippen molar-refractivity contribution in [3.63, 3.8) is 0 Å². The van der Waals surface area contributed by atoms with E-state index in [2.05, 4.69) is 31.6 Å². The van der Waals surface area contributed by atoms with Gasteiger partial charge in [0.25, 0.3) is 0 Å². The van der Waals surface area contributed by atoms with Crippen molar-refractivity contribution in [2.75, 3.05) is 6.54 Å². The second kappa shape index (κ2) is 5.61. The van der Waals surface area contributed by atoms with E-state index in [1.54, 1.807) is 4.68 Å². The van der Waals surface area contributed by atoms with E-state index < -0.39 is 0 Å². The molecule has 0 atom stereocenters. The molecule has 21 heavy (non-hydrogen) atoms. The van der Waals surface area contributed by atoms with Gasteiger partial charge in [0.2, 0.25) is 5.89 Å². The first kappa shape index (κ1) is 13.7. The van der Waals surface area contributed by atoms with Crippen LogP contribution < -0.4 is 5.32 Å². The Bertz CT molecular complexity index is 760. The number of nitrogens with one attached hydrogen (secondary N) is 1. The standard InChI is InChI=1S/C14H18N6O/c1-9-12-6-11(8-16-14(12)20(3)18-9)7-15-5-4-13-17-10(2)19-21-13/h6,8,15H,4-5,7H2,1-3H3. The van der Waals surface area contributed by atoms with E-state index >= 15 is 0 Å². The van der Waals surface area contributed by atoms with Gasteiger partial charge < -0.3 is 9.84 Å². The summed E-state index contributed by atoms with van der Waals surface area (Å²) in [6.45, 7) is 5.35. The predicted molar refractivity (Wildman–Crippen MR) is 77.7 cm³/mol. The minimum atomic E-state index is 0.664. The van der Waals surface area contributed by atoms with Gasteiger partial charge in [-0.15, -0.1) is 0 Å². The van der Waals surface area contributed by atoms with Gasteiger partial charge in [0.1, 0.15) is 0 Å². The second-order valence-corrected chi connectivity index (χ2v) is 5.09. The number of aromatic nitrogens is 5. The zero-order chi connectivity index (χ0) is 14.8. The van der Waals surface area contributed by atoms with E-state index in [0.29, 0.717) is 11.7 Å². The molecule has 0 amide bonds. The number of nitrogens with zero attached hydrogens (tertiary/aromatic N) is 5. The fraction of sp³-hybridized carbons (Fsp3) is 0.429. The first-order valence-corrected chi connectivity index (χ1v) is 6.91. The number of hydrogen-bond donors (Lipinski definition) is 1. The van der Waals surface area contributed by atoms with Crippen LogP contribution in [0.5, 0.6) is 0 Å². The van der Waals surface area contributed by atoms with Crippen molar-refractivity contribution in [2.45, 2.75) is 26.8 Å². The van der Waals surface area contributed by atoms with E-state index in [0.717, 1.165) is 41.8 Å². The van der Waals surface area contributed by atoms with Crippen LogP contribution in [0.3, 0.4) is 0 Å². The Morgan fingerprint density at radius 3 is 2.95 bits per heavy atom. The van der Waals surface area contributed by atoms with Gasteiger partial charge in [0.05, 0.1) is 5.69 Å². The van der Waals surface area contributed by atoms with Gasteiger partial charge in [0, 0.05) is 38.1 Å². The van der Waals surface area contributed by atoms with Crippen molar-refractivity contribution in [3.8, 4) is 0 Å². The molecule has 0 radical (unpaired) electrons. The quantitative estimate of drug-likeness (QED) is 0.712. The van der Waals surface area contributed by atoms with E-state index in [9.17, 15) is 0 Å². The Morgan fingerprint density at radius 1 is 1.33 bits per heavy atom. The number of rotatable bonds is 5. The molecular weight excluding hydrogens is 268 g/mol. The van der Waals surface area contributed by atoms with Crippen LogP contribution in [0.1, 0.15) is 23.0 Å². The molecule has 3 heterocycles. The molecule has 0 aliphatic carbocycles. The highest BCUT2D eigenvalue weighted by Gasteiger charge is 2.07. The second-order valence-electron chi connectivity index (χ2n) is 5.09. The summed E-state index contributed by atoms with van der Waals surface area (Å²) in [7, 11) is 1.91. The van der Waals surface area contributed by atoms with Gasteiger partial charge in [-0.2, -0.15) is 10.1 Å². The summed E-state index contributed by atoms with van der Waals surface area (Å²) in [5.74, 6) is 1.34. The maximum atomic E-state index is 5.07. The van der Waals surface area contributed by atoms with E-state index in [4.69, 9.17) is 4.52 Å². The fourth-order valence-electron chi connectivity index (χ4n) is 2.32. The zero-order valence-electron chi connectivity index (χ0n) is 12.4. The first-order valence-electron chi connectivity index (χ1n) is 6.91. The maximum Gasteiger partial charge on any atom is 0.227 e. The molecule has 0 bridgehead atoms. The van der Waals surface area contributed by atoms with Crippen LogP contribution in [0.15, 0.2) is 16.8 Å². The highest BCUT2D eigenvalue weighted by atomic mass is 16.5. The number of aryl methyl sites for hydroxylation is 3. The lowest BCUT2D eigenvalue weighted by Gasteiger charge is -2.03. The van der Waals surface area contributed by atoms with Crippen molar-refractivity contribution in [1.29, 1.82) is 0 Å². The normalized spacial score (nSPS) is 11.4. The van der Waals surface area contributed by atoms with Gasteiger partial charge in [-0.25, -0.2) is 4.98 Å². The number of fused-ring (bicyclic) bond motifs is 1. The molecule has 0 spiro atoms. The third-order valence-corrected chi connectivity index (χ3v) is 3.33. The predicted octanol–water partition coefficient (Wildman–Crippen LogP) is 1.30. The van der Waals surface area contributed by atoms with Crippen LogP contribution in [0.2, 0.25) is 0 Å². The van der Waals surface area contributed by atoms with Crippen molar-refractivity contribution < 1.29 is 4.52 Å². The van der Waals surface area contributed by atoms with Gasteiger partial charge in [-0.05, 0) is 25.5 Å². The van der Waals surface area contributed by atoms with Crippen LogP contribution >= 0.6 is 0 Å². The average molecular weight is 286 g/mol. The summed E-state index contributed by atoms with van der Waals surface area (Å²) >= 11 is 0. The molecule has 0 saturated carbocycles. The Morgan fingerprint density at radius 2 is 2.19 bits per heavy atom. The van der Waals surface area contributed by atoms with Gasteiger partial charge >= 0.3 is 0 Å². The molecule has 0 unspecified atom stereocenters. The van der Waals surface area contributed by atoms with Crippen molar-refractivity contribution in [3.05, 3.63) is 35.2 Å². The van der Waals surface area contributed by atoms with Crippen LogP contribution in [0, 0.1) is 13.8 Å². The molecule has 0 saturated heterocycles. The van der Waals surface area contributed by atoms with Crippen LogP contribution in [0.25, 0.3) is 11.0 Å². The fourth-order valence-corrected chi connectivity index (χ4v) is 2.32. The van der Waals surface area contributed by atoms with E-state index in [1.165, 1.54) is 0 Å². The molecular formula is C14H18N6O. The summed E-state index contributed by atoms with van der Waals surface area (Å²) in [5.41, 5.74) is 3.06. The lowest BCUT2D eigenvalue weighted by molar-refractivity contribution is 0.372. The Hall–Kier alpha value is -2.28. The van der Waals surface area contributed by atoms with Crippen LogP contribution in [-0.2, 0) is 20.0 Å². The monoisotopic (exact) mass is 286 g/mol. The summed E-state index contributed by atoms with van der Waals surface area (Å²) in [6, 6.07) is 2.13. The molecule has 0 aliphatic rings. The molecule has 7 heteroatoms. The Balaban J connectivity index is 1.59. The zero-order valence-corrected chi connectivity index (χ0v) is 12.4. The minimum Gasteiger partial charge on any atom is -0.339 e. The van der Waals surface area contributed by atoms with Gasteiger partial charge in [-0.3, -0.25) is 4.68 Å².